The third-order valence-electron chi connectivity index (χ3n) is 2.27. The van der Waals surface area contributed by atoms with Crippen LogP contribution < -0.4 is 5.73 Å². The molecule has 1 heterocycles. The van der Waals surface area contributed by atoms with E-state index in [4.69, 9.17) is 5.73 Å². The third kappa shape index (κ3) is 3.15. The average molecular weight is 178 g/mol. The fourth-order valence-electron chi connectivity index (χ4n) is 1.05. The number of rotatable bonds is 2. The van der Waals surface area contributed by atoms with Crippen LogP contribution in [0.4, 0.5) is 0 Å². The predicted molar refractivity (Wildman–Crippen MR) is 55.4 cm³/mol. The molecule has 0 aliphatic rings. The van der Waals surface area contributed by atoms with Crippen molar-refractivity contribution in [2.75, 3.05) is 0 Å². The van der Waals surface area contributed by atoms with Gasteiger partial charge in [0.05, 0.1) is 0 Å². The molecule has 0 saturated heterocycles. The molecule has 1 atom stereocenters. The number of nitrogens with zero attached hydrogens (tertiary/aromatic N) is 1. The van der Waals surface area contributed by atoms with Gasteiger partial charge in [-0.2, -0.15) is 0 Å². The first kappa shape index (κ1) is 10.2. The number of aromatic nitrogens is 1. The second-order valence-electron chi connectivity index (χ2n) is 4.50. The Bertz CT molecular complexity index is 249. The van der Waals surface area contributed by atoms with Crippen LogP contribution in [0, 0.1) is 5.41 Å². The van der Waals surface area contributed by atoms with Crippen molar-refractivity contribution in [3.63, 3.8) is 0 Å². The Balaban J connectivity index is 2.61. The highest BCUT2D eigenvalue weighted by atomic mass is 14.7. The molecule has 0 spiro atoms. The Labute approximate surface area is 80.2 Å². The van der Waals surface area contributed by atoms with Crippen molar-refractivity contribution in [1.29, 1.82) is 0 Å². The summed E-state index contributed by atoms with van der Waals surface area (Å²) < 4.78 is 0. The van der Waals surface area contributed by atoms with E-state index in [1.165, 1.54) is 0 Å². The second-order valence-corrected chi connectivity index (χ2v) is 4.50. The van der Waals surface area contributed by atoms with Crippen LogP contribution in [0.1, 0.15) is 26.5 Å². The number of pyridine rings is 1. The topological polar surface area (TPSA) is 38.9 Å². The van der Waals surface area contributed by atoms with Crippen LogP contribution in [-0.4, -0.2) is 11.0 Å². The minimum absolute atomic E-state index is 0.150. The van der Waals surface area contributed by atoms with E-state index >= 15 is 0 Å². The van der Waals surface area contributed by atoms with Gasteiger partial charge in [-0.3, -0.25) is 4.98 Å². The monoisotopic (exact) mass is 178 g/mol. The molecule has 72 valence electrons. The summed E-state index contributed by atoms with van der Waals surface area (Å²) >= 11 is 0. The summed E-state index contributed by atoms with van der Waals surface area (Å²) in [6.45, 7) is 6.46. The van der Waals surface area contributed by atoms with Gasteiger partial charge in [-0.25, -0.2) is 0 Å². The van der Waals surface area contributed by atoms with Crippen molar-refractivity contribution in [3.05, 3.63) is 30.1 Å². The lowest BCUT2D eigenvalue weighted by atomic mass is 9.85. The van der Waals surface area contributed by atoms with Crippen LogP contribution in [0.5, 0.6) is 0 Å². The largest absolute Gasteiger partial charge is 0.327 e. The highest BCUT2D eigenvalue weighted by Gasteiger charge is 2.20. The molecule has 2 heteroatoms. The summed E-state index contributed by atoms with van der Waals surface area (Å²) in [5.41, 5.74) is 7.27. The van der Waals surface area contributed by atoms with Gasteiger partial charge in [0.25, 0.3) is 0 Å². The van der Waals surface area contributed by atoms with Crippen molar-refractivity contribution < 1.29 is 0 Å². The molecule has 1 aromatic heterocycles. The number of nitrogens with two attached hydrogens (primary N) is 1. The molecule has 2 nitrogen and oxygen atoms in total. The molecule has 0 saturated carbocycles. The van der Waals surface area contributed by atoms with E-state index < -0.39 is 0 Å². The Morgan fingerprint density at radius 2 is 2.08 bits per heavy atom. The molecule has 0 bridgehead atoms. The molecule has 0 aliphatic heterocycles. The van der Waals surface area contributed by atoms with E-state index in [1.54, 1.807) is 0 Å². The second kappa shape index (κ2) is 3.88. The quantitative estimate of drug-likeness (QED) is 0.752. The Kier molecular flexibility index (Phi) is 3.04. The molecule has 0 aliphatic carbocycles. The lowest BCUT2D eigenvalue weighted by Gasteiger charge is -2.26. The lowest BCUT2D eigenvalue weighted by Crippen LogP contribution is -2.37. The summed E-state index contributed by atoms with van der Waals surface area (Å²) in [4.78, 5) is 4.25. The standard InChI is InChI=1S/C11H18N2/c1-11(2,3)10(12)8-9-6-4-5-7-13-9/h4-7,10H,8,12H2,1-3H3. The SMILES string of the molecule is CC(C)(C)C(N)Cc1ccccn1. The van der Waals surface area contributed by atoms with Gasteiger partial charge in [-0.15, -0.1) is 0 Å². The van der Waals surface area contributed by atoms with Gasteiger partial charge >= 0.3 is 0 Å². The average Bonchev–Trinajstić information content (AvgIpc) is 2.04. The van der Waals surface area contributed by atoms with Crippen molar-refractivity contribution in [1.82, 2.24) is 4.98 Å². The molecule has 2 N–H and O–H groups in total. The first-order valence-corrected chi connectivity index (χ1v) is 4.65. The summed E-state index contributed by atoms with van der Waals surface area (Å²) in [6, 6.07) is 6.11. The van der Waals surface area contributed by atoms with Crippen molar-refractivity contribution in [2.24, 2.45) is 11.1 Å². The number of hydrogen-bond acceptors (Lipinski definition) is 2. The first-order valence-electron chi connectivity index (χ1n) is 4.65. The zero-order valence-corrected chi connectivity index (χ0v) is 8.62. The summed E-state index contributed by atoms with van der Waals surface area (Å²) in [6.07, 6.45) is 2.66. The minimum atomic E-state index is 0.150. The molecule has 1 aromatic rings. The van der Waals surface area contributed by atoms with Crippen molar-refractivity contribution >= 4 is 0 Å². The zero-order chi connectivity index (χ0) is 9.90. The van der Waals surface area contributed by atoms with Gasteiger partial charge in [0.1, 0.15) is 0 Å². The fraction of sp³-hybridized carbons (Fsp3) is 0.545. The molecule has 0 aromatic carbocycles. The maximum Gasteiger partial charge on any atom is 0.0419 e. The third-order valence-corrected chi connectivity index (χ3v) is 2.27. The van der Waals surface area contributed by atoms with Gasteiger partial charge in [0.2, 0.25) is 0 Å². The Morgan fingerprint density at radius 3 is 2.54 bits per heavy atom. The van der Waals surface area contributed by atoms with E-state index in [-0.39, 0.29) is 11.5 Å². The number of hydrogen-bond donors (Lipinski definition) is 1. The van der Waals surface area contributed by atoms with E-state index in [9.17, 15) is 0 Å². The Hall–Kier alpha value is -0.890. The highest BCUT2D eigenvalue weighted by molar-refractivity contribution is 5.06. The lowest BCUT2D eigenvalue weighted by molar-refractivity contribution is 0.317. The van der Waals surface area contributed by atoms with Crippen molar-refractivity contribution in [3.8, 4) is 0 Å². The zero-order valence-electron chi connectivity index (χ0n) is 8.62. The van der Waals surface area contributed by atoms with Crippen LogP contribution in [0.2, 0.25) is 0 Å². The van der Waals surface area contributed by atoms with Gasteiger partial charge in [-0.1, -0.05) is 26.8 Å². The van der Waals surface area contributed by atoms with Gasteiger partial charge in [-0.05, 0) is 17.5 Å². The smallest absolute Gasteiger partial charge is 0.0419 e. The molecule has 0 fully saturated rings. The molecular formula is C11H18N2. The van der Waals surface area contributed by atoms with Crippen LogP contribution in [-0.2, 0) is 6.42 Å². The van der Waals surface area contributed by atoms with Gasteiger partial charge in [0, 0.05) is 24.4 Å². The first-order chi connectivity index (χ1) is 6.00. The Morgan fingerprint density at radius 1 is 1.38 bits per heavy atom. The molecular weight excluding hydrogens is 160 g/mol. The van der Waals surface area contributed by atoms with Crippen LogP contribution in [0.3, 0.4) is 0 Å². The van der Waals surface area contributed by atoms with E-state index in [2.05, 4.69) is 25.8 Å². The highest BCUT2D eigenvalue weighted by Crippen LogP contribution is 2.19. The van der Waals surface area contributed by atoms with Gasteiger partial charge < -0.3 is 5.73 Å². The molecule has 1 rings (SSSR count). The van der Waals surface area contributed by atoms with Crippen LogP contribution in [0.15, 0.2) is 24.4 Å². The van der Waals surface area contributed by atoms with E-state index in [0.29, 0.717) is 0 Å². The van der Waals surface area contributed by atoms with E-state index in [0.717, 1.165) is 12.1 Å². The van der Waals surface area contributed by atoms with E-state index in [1.807, 2.05) is 24.4 Å². The fourth-order valence-corrected chi connectivity index (χ4v) is 1.05. The maximum atomic E-state index is 6.04. The van der Waals surface area contributed by atoms with Gasteiger partial charge in [0.15, 0.2) is 0 Å². The minimum Gasteiger partial charge on any atom is -0.327 e. The summed E-state index contributed by atoms with van der Waals surface area (Å²) in [5, 5.41) is 0. The summed E-state index contributed by atoms with van der Waals surface area (Å²) in [5.74, 6) is 0. The maximum absolute atomic E-state index is 6.04. The summed E-state index contributed by atoms with van der Waals surface area (Å²) in [7, 11) is 0. The van der Waals surface area contributed by atoms with Crippen molar-refractivity contribution in [2.45, 2.75) is 33.2 Å². The molecule has 13 heavy (non-hydrogen) atoms. The van der Waals surface area contributed by atoms with Crippen LogP contribution in [0.25, 0.3) is 0 Å². The molecule has 1 unspecified atom stereocenters. The molecule has 0 amide bonds. The normalized spacial score (nSPS) is 14.2. The van der Waals surface area contributed by atoms with Crippen LogP contribution >= 0.6 is 0 Å². The molecule has 0 radical (unpaired) electrons. The predicted octanol–water partition coefficient (Wildman–Crippen LogP) is 2.00.